The van der Waals surface area contributed by atoms with Crippen LogP contribution in [0.25, 0.3) is 11.4 Å². The summed E-state index contributed by atoms with van der Waals surface area (Å²) < 4.78 is 6.86. The van der Waals surface area contributed by atoms with Crippen LogP contribution in [0.4, 0.5) is 5.95 Å². The van der Waals surface area contributed by atoms with Gasteiger partial charge in [-0.25, -0.2) is 15.0 Å². The van der Waals surface area contributed by atoms with Crippen LogP contribution in [0.1, 0.15) is 31.9 Å². The Morgan fingerprint density at radius 3 is 2.63 bits per heavy atom. The first kappa shape index (κ1) is 20.0. The zero-order chi connectivity index (χ0) is 21.3. The first-order valence-electron chi connectivity index (χ1n) is 9.87. The van der Waals surface area contributed by atoms with Crippen molar-refractivity contribution in [2.75, 3.05) is 18.6 Å². The Morgan fingerprint density at radius 2 is 1.97 bits per heavy atom. The third-order valence-electron chi connectivity index (χ3n) is 5.61. The summed E-state index contributed by atoms with van der Waals surface area (Å²) in [7, 11) is 1.61. The highest BCUT2D eigenvalue weighted by atomic mass is 16.5. The normalized spacial score (nSPS) is 16.1. The van der Waals surface area contributed by atoms with Crippen LogP contribution in [0.3, 0.4) is 0 Å². The largest absolute Gasteiger partial charge is 0.497 e. The molecule has 4 rings (SSSR count). The number of nitrogens with zero attached hydrogens (tertiary/aromatic N) is 5. The summed E-state index contributed by atoms with van der Waals surface area (Å²) in [6.07, 6.45) is 3.07. The maximum Gasteiger partial charge on any atom is 0.255 e. The molecule has 1 N–H and O–H groups in total. The Bertz CT molecular complexity index is 1080. The molecule has 0 radical (unpaired) electrons. The highest BCUT2D eigenvalue weighted by Crippen LogP contribution is 2.33. The molecule has 0 unspecified atom stereocenters. The molecule has 1 aromatic carbocycles. The summed E-state index contributed by atoms with van der Waals surface area (Å²) in [6, 6.07) is 10.6. The van der Waals surface area contributed by atoms with Crippen molar-refractivity contribution in [3.05, 3.63) is 64.8 Å². The molecule has 0 fully saturated rings. The number of benzene rings is 1. The minimum atomic E-state index is -0.749. The lowest BCUT2D eigenvalue weighted by Gasteiger charge is -2.45. The second-order valence-corrected chi connectivity index (χ2v) is 7.99. The van der Waals surface area contributed by atoms with E-state index in [4.69, 9.17) is 9.72 Å². The van der Waals surface area contributed by atoms with Gasteiger partial charge in [-0.3, -0.25) is 9.36 Å². The lowest BCUT2D eigenvalue weighted by molar-refractivity contribution is 0.168. The third-order valence-corrected chi connectivity index (χ3v) is 5.61. The molecular weight excluding hydrogens is 382 g/mol. The maximum atomic E-state index is 12.8. The number of fused-ring (bicyclic) bond motifs is 1. The predicted molar refractivity (Wildman–Crippen MR) is 114 cm³/mol. The number of aromatic nitrogens is 4. The number of β-amino-alcohol motifs (C(OH)–C–C–N with tert-alkyl or cyclic N) is 1. The highest BCUT2D eigenvalue weighted by Gasteiger charge is 2.36. The second kappa shape index (κ2) is 7.87. The average Bonchev–Trinajstić information content (AvgIpc) is 2.76. The van der Waals surface area contributed by atoms with E-state index in [-0.39, 0.29) is 11.1 Å². The van der Waals surface area contributed by atoms with Gasteiger partial charge in [0, 0.05) is 24.3 Å². The number of hydrogen-bond donors (Lipinski definition) is 1. The maximum absolute atomic E-state index is 12.8. The molecule has 2 aromatic heterocycles. The number of aliphatic hydroxyl groups is 1. The average molecular weight is 407 g/mol. The Balaban J connectivity index is 1.72. The fourth-order valence-electron chi connectivity index (χ4n) is 3.71. The molecule has 1 aliphatic rings. The molecular formula is C22H25N5O3. The van der Waals surface area contributed by atoms with E-state index in [2.05, 4.69) is 23.8 Å². The topological polar surface area (TPSA) is 93.4 Å². The zero-order valence-corrected chi connectivity index (χ0v) is 17.3. The summed E-state index contributed by atoms with van der Waals surface area (Å²) in [5.41, 5.74) is 1.45. The summed E-state index contributed by atoms with van der Waals surface area (Å²) in [4.78, 5) is 27.7. The van der Waals surface area contributed by atoms with Gasteiger partial charge in [-0.05, 0) is 44.0 Å². The van der Waals surface area contributed by atoms with Crippen molar-refractivity contribution >= 4 is 5.95 Å². The minimum Gasteiger partial charge on any atom is -0.497 e. The SMILES string of the molecule is COc1ccc([C@@H](O)CN2c3nc(-c4ccncn4)cc(=O)n3CCC2(C)C)cc1. The monoisotopic (exact) mass is 407 g/mol. The number of methoxy groups -OCH3 is 1. The first-order valence-corrected chi connectivity index (χ1v) is 9.87. The van der Waals surface area contributed by atoms with Crippen LogP contribution in [-0.2, 0) is 6.54 Å². The van der Waals surface area contributed by atoms with Crippen LogP contribution in [0.15, 0.2) is 53.7 Å². The Kier molecular flexibility index (Phi) is 5.26. The van der Waals surface area contributed by atoms with E-state index >= 15 is 0 Å². The van der Waals surface area contributed by atoms with Crippen molar-refractivity contribution in [2.45, 2.75) is 38.5 Å². The van der Waals surface area contributed by atoms with Gasteiger partial charge in [0.1, 0.15) is 12.1 Å². The molecule has 0 saturated carbocycles. The number of aliphatic hydroxyl groups excluding tert-OH is 1. The third kappa shape index (κ3) is 3.78. The lowest BCUT2D eigenvalue weighted by atomic mass is 9.95. The van der Waals surface area contributed by atoms with Gasteiger partial charge in [-0.2, -0.15) is 0 Å². The highest BCUT2D eigenvalue weighted by molar-refractivity contribution is 5.56. The lowest BCUT2D eigenvalue weighted by Crippen LogP contribution is -2.53. The number of hydrogen-bond acceptors (Lipinski definition) is 7. The van der Waals surface area contributed by atoms with Gasteiger partial charge in [0.25, 0.3) is 5.56 Å². The van der Waals surface area contributed by atoms with E-state index in [0.29, 0.717) is 30.4 Å². The van der Waals surface area contributed by atoms with E-state index < -0.39 is 6.10 Å². The van der Waals surface area contributed by atoms with Crippen LogP contribution >= 0.6 is 0 Å². The smallest absolute Gasteiger partial charge is 0.255 e. The zero-order valence-electron chi connectivity index (χ0n) is 17.3. The first-order chi connectivity index (χ1) is 14.4. The fraction of sp³-hybridized carbons (Fsp3) is 0.364. The molecule has 0 spiro atoms. The fourth-order valence-corrected chi connectivity index (χ4v) is 3.71. The van der Waals surface area contributed by atoms with E-state index in [1.165, 1.54) is 12.4 Å². The quantitative estimate of drug-likeness (QED) is 0.694. The van der Waals surface area contributed by atoms with E-state index in [1.54, 1.807) is 23.9 Å². The molecule has 156 valence electrons. The second-order valence-electron chi connectivity index (χ2n) is 7.99. The molecule has 30 heavy (non-hydrogen) atoms. The molecule has 0 amide bonds. The van der Waals surface area contributed by atoms with Gasteiger partial charge in [-0.15, -0.1) is 0 Å². The van der Waals surface area contributed by atoms with Gasteiger partial charge in [0.15, 0.2) is 0 Å². The van der Waals surface area contributed by atoms with Gasteiger partial charge in [-0.1, -0.05) is 12.1 Å². The number of ether oxygens (including phenoxy) is 1. The molecule has 0 saturated heterocycles. The molecule has 0 aliphatic carbocycles. The van der Waals surface area contributed by atoms with E-state index in [9.17, 15) is 9.90 Å². The van der Waals surface area contributed by atoms with Gasteiger partial charge in [0.2, 0.25) is 5.95 Å². The predicted octanol–water partition coefficient (Wildman–Crippen LogP) is 2.43. The molecule has 3 heterocycles. The van der Waals surface area contributed by atoms with E-state index in [1.807, 2.05) is 29.2 Å². The summed E-state index contributed by atoms with van der Waals surface area (Å²) in [5, 5.41) is 10.9. The Hall–Kier alpha value is -3.26. The van der Waals surface area contributed by atoms with Crippen LogP contribution in [0.2, 0.25) is 0 Å². The van der Waals surface area contributed by atoms with Crippen LogP contribution in [0, 0.1) is 0 Å². The van der Waals surface area contributed by atoms with Crippen molar-refractivity contribution in [3.8, 4) is 17.1 Å². The molecule has 3 aromatic rings. The van der Waals surface area contributed by atoms with Gasteiger partial charge >= 0.3 is 0 Å². The number of rotatable bonds is 5. The molecule has 8 nitrogen and oxygen atoms in total. The molecule has 0 bridgehead atoms. The van der Waals surface area contributed by atoms with Crippen LogP contribution in [-0.4, -0.2) is 43.8 Å². The summed E-state index contributed by atoms with van der Waals surface area (Å²) >= 11 is 0. The number of anilines is 1. The summed E-state index contributed by atoms with van der Waals surface area (Å²) in [5.74, 6) is 1.28. The minimum absolute atomic E-state index is 0.131. The van der Waals surface area contributed by atoms with Crippen molar-refractivity contribution in [1.29, 1.82) is 0 Å². The van der Waals surface area contributed by atoms with E-state index in [0.717, 1.165) is 17.7 Å². The van der Waals surface area contributed by atoms with Gasteiger partial charge in [0.05, 0.1) is 31.1 Å². The molecule has 8 heteroatoms. The Labute approximate surface area is 174 Å². The summed E-state index contributed by atoms with van der Waals surface area (Å²) in [6.45, 7) is 5.08. The van der Waals surface area contributed by atoms with Crippen molar-refractivity contribution in [3.63, 3.8) is 0 Å². The van der Waals surface area contributed by atoms with Crippen molar-refractivity contribution in [1.82, 2.24) is 19.5 Å². The standard InChI is InChI=1S/C22H25N5O3/c1-22(2)9-11-26-20(29)12-18(17-8-10-23-14-24-17)25-21(26)27(22)13-19(28)15-4-6-16(30-3)7-5-15/h4-8,10,12,14,19,28H,9,11,13H2,1-3H3/t19-/m0/s1. The Morgan fingerprint density at radius 1 is 1.20 bits per heavy atom. The van der Waals surface area contributed by atoms with Crippen molar-refractivity contribution < 1.29 is 9.84 Å². The van der Waals surface area contributed by atoms with Crippen molar-refractivity contribution in [2.24, 2.45) is 0 Å². The molecule has 1 atom stereocenters. The molecule has 1 aliphatic heterocycles. The van der Waals surface area contributed by atoms with Crippen LogP contribution in [0.5, 0.6) is 5.75 Å². The van der Waals surface area contributed by atoms with Gasteiger partial charge < -0.3 is 14.7 Å². The van der Waals surface area contributed by atoms with Crippen LogP contribution < -0.4 is 15.2 Å².